The Balaban J connectivity index is 1.10. The van der Waals surface area contributed by atoms with Gasteiger partial charge in [-0.25, -0.2) is 0 Å². The minimum absolute atomic E-state index is 0.0705. The third kappa shape index (κ3) is 3.52. The van der Waals surface area contributed by atoms with E-state index in [-0.39, 0.29) is 28.1 Å². The summed E-state index contributed by atoms with van der Waals surface area (Å²) in [5.74, 6) is 0.901. The van der Waals surface area contributed by atoms with Crippen molar-refractivity contribution >= 4 is 11.0 Å². The Morgan fingerprint density at radius 2 is 1.95 bits per heavy atom. The number of aliphatic hydroxyl groups is 1. The van der Waals surface area contributed by atoms with Gasteiger partial charge in [-0.05, 0) is 82.1 Å². The maximum atomic E-state index is 12.9. The number of pyridine rings is 3. The van der Waals surface area contributed by atoms with Gasteiger partial charge in [-0.1, -0.05) is 0 Å². The molecule has 2 saturated carbocycles. The van der Waals surface area contributed by atoms with Crippen LogP contribution in [0.3, 0.4) is 0 Å². The number of aryl methyl sites for hydroxylation is 1. The van der Waals surface area contributed by atoms with E-state index in [4.69, 9.17) is 4.74 Å². The summed E-state index contributed by atoms with van der Waals surface area (Å²) in [7, 11) is 0. The SMILES string of the molecule is CC1(NCc2cc3c(cn2)OCCC3)CCC2(C[C@@H]3Cn4c(=O)ccc5ccc(=O)n3c54)CC[C@]2(O)C1. The minimum Gasteiger partial charge on any atom is -0.492 e. The van der Waals surface area contributed by atoms with E-state index < -0.39 is 5.60 Å². The molecular formula is C29H34N4O4. The Kier molecular flexibility index (Phi) is 5.02. The molecule has 0 spiro atoms. The van der Waals surface area contributed by atoms with Gasteiger partial charge in [-0.2, -0.15) is 0 Å². The van der Waals surface area contributed by atoms with Gasteiger partial charge in [-0.3, -0.25) is 23.7 Å². The first-order valence-corrected chi connectivity index (χ1v) is 13.6. The summed E-state index contributed by atoms with van der Waals surface area (Å²) in [6.07, 6.45) is 8.87. The van der Waals surface area contributed by atoms with Crippen LogP contribution in [-0.4, -0.2) is 37.0 Å². The molecule has 2 fully saturated rings. The second-order valence-corrected chi connectivity index (χ2v) is 12.1. The van der Waals surface area contributed by atoms with Crippen LogP contribution in [0, 0.1) is 5.41 Å². The van der Waals surface area contributed by atoms with Crippen molar-refractivity contribution in [2.45, 2.75) is 88.6 Å². The normalized spacial score (nSPS) is 31.9. The summed E-state index contributed by atoms with van der Waals surface area (Å²) in [6, 6.07) is 8.81. The average Bonchev–Trinajstić information content (AvgIpc) is 3.28. The number of hydrogen-bond donors (Lipinski definition) is 2. The third-order valence-electron chi connectivity index (χ3n) is 9.83. The van der Waals surface area contributed by atoms with E-state index in [9.17, 15) is 14.7 Å². The van der Waals surface area contributed by atoms with Gasteiger partial charge in [0.2, 0.25) is 0 Å². The standard InChI is InChI=1S/C29H34N4O4/c1-27(31-15-21-13-20-3-2-12-37-23(20)16-30-21)8-9-28(10-11-29(28,36)18-27)14-22-17-32-24(34)6-4-19-5-7-25(35)33(22)26(19)32/h4-7,13,16,22,31,36H,2-3,8-12,14-15,17-18H2,1H3/t22-,27?,28?,29+/m1/s1. The van der Waals surface area contributed by atoms with Crippen LogP contribution in [0.25, 0.3) is 11.0 Å². The molecule has 0 aromatic carbocycles. The molecule has 5 heterocycles. The zero-order valence-electron chi connectivity index (χ0n) is 21.3. The zero-order chi connectivity index (χ0) is 25.4. The Morgan fingerprint density at radius 3 is 2.73 bits per heavy atom. The van der Waals surface area contributed by atoms with Crippen LogP contribution in [0.5, 0.6) is 5.75 Å². The van der Waals surface area contributed by atoms with Crippen LogP contribution < -0.4 is 21.2 Å². The van der Waals surface area contributed by atoms with Gasteiger partial charge in [0.1, 0.15) is 11.4 Å². The van der Waals surface area contributed by atoms with Gasteiger partial charge >= 0.3 is 0 Å². The second-order valence-electron chi connectivity index (χ2n) is 12.1. The third-order valence-corrected chi connectivity index (χ3v) is 9.83. The summed E-state index contributed by atoms with van der Waals surface area (Å²) in [5, 5.41) is 16.6. The average molecular weight is 503 g/mol. The predicted octanol–water partition coefficient (Wildman–Crippen LogP) is 3.07. The lowest BCUT2D eigenvalue weighted by Crippen LogP contribution is -2.66. The van der Waals surface area contributed by atoms with E-state index in [1.54, 1.807) is 28.8 Å². The molecule has 4 atom stereocenters. The molecule has 0 amide bonds. The molecule has 0 saturated heterocycles. The smallest absolute Gasteiger partial charge is 0.252 e. The number of nitrogens with zero attached hydrogens (tertiary/aromatic N) is 3. The molecule has 8 nitrogen and oxygen atoms in total. The fourth-order valence-corrected chi connectivity index (χ4v) is 7.66. The number of nitrogens with one attached hydrogen (secondary N) is 1. The molecule has 2 N–H and O–H groups in total. The number of fused-ring (bicyclic) bond motifs is 2. The lowest BCUT2D eigenvalue weighted by Gasteiger charge is -2.64. The predicted molar refractivity (Wildman–Crippen MR) is 140 cm³/mol. The summed E-state index contributed by atoms with van der Waals surface area (Å²) in [4.78, 5) is 30.1. The van der Waals surface area contributed by atoms with E-state index in [2.05, 4.69) is 23.3 Å². The fourth-order valence-electron chi connectivity index (χ4n) is 7.66. The van der Waals surface area contributed by atoms with Crippen LogP contribution in [0.1, 0.15) is 69.2 Å². The van der Waals surface area contributed by atoms with Crippen molar-refractivity contribution in [2.24, 2.45) is 5.41 Å². The summed E-state index contributed by atoms with van der Waals surface area (Å²) >= 11 is 0. The van der Waals surface area contributed by atoms with E-state index in [0.717, 1.165) is 67.6 Å². The number of aromatic nitrogens is 3. The first-order valence-electron chi connectivity index (χ1n) is 13.6. The highest BCUT2D eigenvalue weighted by molar-refractivity contribution is 5.76. The maximum absolute atomic E-state index is 12.9. The Bertz CT molecular complexity index is 1520. The molecule has 37 heavy (non-hydrogen) atoms. The van der Waals surface area contributed by atoms with Gasteiger partial charge < -0.3 is 15.2 Å². The lowest BCUT2D eigenvalue weighted by molar-refractivity contribution is -0.216. The lowest BCUT2D eigenvalue weighted by atomic mass is 9.46. The van der Waals surface area contributed by atoms with Crippen molar-refractivity contribution in [3.8, 4) is 5.75 Å². The van der Waals surface area contributed by atoms with Crippen LogP contribution in [0.2, 0.25) is 0 Å². The Hall–Kier alpha value is -2.97. The number of hydrogen-bond acceptors (Lipinski definition) is 6. The summed E-state index contributed by atoms with van der Waals surface area (Å²) < 4.78 is 9.25. The van der Waals surface area contributed by atoms with Crippen LogP contribution >= 0.6 is 0 Å². The highest BCUT2D eigenvalue weighted by Gasteiger charge is 2.63. The maximum Gasteiger partial charge on any atom is 0.252 e. The van der Waals surface area contributed by atoms with Crippen LogP contribution in [0.4, 0.5) is 0 Å². The number of rotatable bonds is 5. The molecule has 8 heteroatoms. The molecule has 3 aromatic rings. The monoisotopic (exact) mass is 502 g/mol. The summed E-state index contributed by atoms with van der Waals surface area (Å²) in [6.45, 7) is 4.13. The Morgan fingerprint density at radius 1 is 1.14 bits per heavy atom. The van der Waals surface area contributed by atoms with Crippen molar-refractivity contribution in [2.75, 3.05) is 6.61 Å². The van der Waals surface area contributed by atoms with Gasteiger partial charge in [-0.15, -0.1) is 0 Å². The van der Waals surface area contributed by atoms with Crippen LogP contribution in [0.15, 0.2) is 46.1 Å². The van der Waals surface area contributed by atoms with Crippen LogP contribution in [-0.2, 0) is 19.5 Å². The van der Waals surface area contributed by atoms with Gasteiger partial charge in [0, 0.05) is 41.6 Å². The molecular weight excluding hydrogens is 468 g/mol. The largest absolute Gasteiger partial charge is 0.492 e. The first kappa shape index (κ1) is 23.2. The molecule has 2 aliphatic carbocycles. The summed E-state index contributed by atoms with van der Waals surface area (Å²) in [5.41, 5.74) is 1.61. The molecule has 3 aromatic heterocycles. The molecule has 0 radical (unpaired) electrons. The topological polar surface area (TPSA) is 98.4 Å². The molecule has 194 valence electrons. The van der Waals surface area contributed by atoms with Crippen molar-refractivity contribution in [1.82, 2.24) is 19.4 Å². The Labute approximate surface area is 215 Å². The van der Waals surface area contributed by atoms with Gasteiger partial charge in [0.15, 0.2) is 0 Å². The van der Waals surface area contributed by atoms with Gasteiger partial charge in [0.05, 0.1) is 30.1 Å². The minimum atomic E-state index is -0.776. The fraction of sp³-hybridized carbons (Fsp3) is 0.552. The van der Waals surface area contributed by atoms with E-state index in [0.29, 0.717) is 25.9 Å². The van der Waals surface area contributed by atoms with Crippen molar-refractivity contribution in [3.63, 3.8) is 0 Å². The molecule has 2 unspecified atom stereocenters. The van der Waals surface area contributed by atoms with Crippen molar-refractivity contribution < 1.29 is 9.84 Å². The van der Waals surface area contributed by atoms with E-state index in [1.807, 2.05) is 10.8 Å². The first-order chi connectivity index (χ1) is 17.8. The highest BCUT2D eigenvalue weighted by Crippen LogP contribution is 2.63. The van der Waals surface area contributed by atoms with Crippen molar-refractivity contribution in [1.29, 1.82) is 0 Å². The molecule has 4 aliphatic rings. The highest BCUT2D eigenvalue weighted by atomic mass is 16.5. The van der Waals surface area contributed by atoms with E-state index >= 15 is 0 Å². The molecule has 0 bridgehead atoms. The number of ether oxygens (including phenoxy) is 1. The second kappa shape index (κ2) is 8.01. The van der Waals surface area contributed by atoms with E-state index in [1.165, 1.54) is 5.56 Å². The quantitative estimate of drug-likeness (QED) is 0.557. The zero-order valence-corrected chi connectivity index (χ0v) is 21.3. The molecule has 7 rings (SSSR count). The van der Waals surface area contributed by atoms with Crippen molar-refractivity contribution in [3.05, 3.63) is 68.5 Å². The molecule has 2 aliphatic heterocycles. The van der Waals surface area contributed by atoms with Gasteiger partial charge in [0.25, 0.3) is 11.1 Å².